The maximum absolute atomic E-state index is 13.2. The van der Waals surface area contributed by atoms with E-state index in [1.165, 1.54) is 12.1 Å². The molecule has 2 N–H and O–H groups in total. The van der Waals surface area contributed by atoms with Gasteiger partial charge >= 0.3 is 5.97 Å². The number of anilines is 1. The van der Waals surface area contributed by atoms with E-state index in [-0.39, 0.29) is 12.4 Å². The lowest BCUT2D eigenvalue weighted by Gasteiger charge is -2.10. The minimum Gasteiger partial charge on any atom is -0.457 e. The number of carbonyl (C=O) groups is 1. The highest BCUT2D eigenvalue weighted by Gasteiger charge is 2.14. The summed E-state index contributed by atoms with van der Waals surface area (Å²) in [5, 5.41) is 0. The topological polar surface area (TPSA) is 52.3 Å². The first-order valence-corrected chi connectivity index (χ1v) is 6.74. The molecule has 3 nitrogen and oxygen atoms in total. The third-order valence-electron chi connectivity index (χ3n) is 2.80. The first-order valence-electron chi connectivity index (χ1n) is 5.94. The lowest BCUT2D eigenvalue weighted by Crippen LogP contribution is -2.10. The molecule has 0 aliphatic rings. The van der Waals surface area contributed by atoms with Crippen LogP contribution in [0.25, 0.3) is 0 Å². The molecule has 0 bridgehead atoms. The summed E-state index contributed by atoms with van der Waals surface area (Å²) in [5.41, 5.74) is 7.80. The van der Waals surface area contributed by atoms with Crippen molar-refractivity contribution in [3.05, 3.63) is 63.4 Å². The number of carbonyl (C=O) groups excluding carboxylic acids is 1. The Balaban J connectivity index is 2.13. The van der Waals surface area contributed by atoms with Gasteiger partial charge in [-0.15, -0.1) is 0 Å². The summed E-state index contributed by atoms with van der Waals surface area (Å²) in [7, 11) is 0. The molecule has 104 valence electrons. The molecule has 2 aromatic carbocycles. The van der Waals surface area contributed by atoms with Crippen LogP contribution >= 0.6 is 15.9 Å². The van der Waals surface area contributed by atoms with Crippen LogP contribution < -0.4 is 5.73 Å². The Morgan fingerprint density at radius 3 is 2.75 bits per heavy atom. The molecule has 0 heterocycles. The summed E-state index contributed by atoms with van der Waals surface area (Å²) in [5.74, 6) is -0.901. The molecule has 0 aliphatic heterocycles. The first-order chi connectivity index (χ1) is 9.47. The van der Waals surface area contributed by atoms with Crippen LogP contribution in [0.15, 0.2) is 40.9 Å². The standard InChI is InChI=1S/C15H13BrFNO2/c1-9-3-2-4-13(18)14(9)15(19)20-8-10-5-11(16)7-12(17)6-10/h2-7H,8,18H2,1H3. The second-order valence-corrected chi connectivity index (χ2v) is 5.31. The molecule has 20 heavy (non-hydrogen) atoms. The Bertz CT molecular complexity index is 618. The number of ether oxygens (including phenoxy) is 1. The highest BCUT2D eigenvalue weighted by molar-refractivity contribution is 9.10. The molecule has 0 saturated heterocycles. The van der Waals surface area contributed by atoms with Crippen molar-refractivity contribution in [1.29, 1.82) is 0 Å². The van der Waals surface area contributed by atoms with Crippen LogP contribution in [0.3, 0.4) is 0 Å². The van der Waals surface area contributed by atoms with Gasteiger partial charge in [-0.2, -0.15) is 0 Å². The lowest BCUT2D eigenvalue weighted by molar-refractivity contribution is 0.0472. The molecule has 2 rings (SSSR count). The number of halogens is 2. The Hall–Kier alpha value is -1.88. The smallest absolute Gasteiger partial charge is 0.340 e. The van der Waals surface area contributed by atoms with Crippen molar-refractivity contribution in [3.63, 3.8) is 0 Å². The number of aryl methyl sites for hydroxylation is 1. The van der Waals surface area contributed by atoms with Gasteiger partial charge < -0.3 is 10.5 Å². The van der Waals surface area contributed by atoms with E-state index in [1.807, 2.05) is 0 Å². The summed E-state index contributed by atoms with van der Waals surface area (Å²) in [6, 6.07) is 9.54. The quantitative estimate of drug-likeness (QED) is 0.683. The zero-order chi connectivity index (χ0) is 14.7. The molecule has 0 aromatic heterocycles. The molecule has 0 unspecified atom stereocenters. The fraction of sp³-hybridized carbons (Fsp3) is 0.133. The molecule has 0 spiro atoms. The van der Waals surface area contributed by atoms with Gasteiger partial charge in [0.25, 0.3) is 0 Å². The molecular weight excluding hydrogens is 325 g/mol. The fourth-order valence-corrected chi connectivity index (χ4v) is 2.40. The van der Waals surface area contributed by atoms with E-state index in [9.17, 15) is 9.18 Å². The molecule has 2 aromatic rings. The summed E-state index contributed by atoms with van der Waals surface area (Å²) in [6.45, 7) is 1.77. The number of nitrogen functional groups attached to an aromatic ring is 1. The number of esters is 1. The van der Waals surface area contributed by atoms with Crippen molar-refractivity contribution in [3.8, 4) is 0 Å². The van der Waals surface area contributed by atoms with Crippen molar-refractivity contribution in [2.45, 2.75) is 13.5 Å². The van der Waals surface area contributed by atoms with Crippen LogP contribution in [0.2, 0.25) is 0 Å². The van der Waals surface area contributed by atoms with E-state index < -0.39 is 5.97 Å². The van der Waals surface area contributed by atoms with Crippen LogP contribution in [-0.4, -0.2) is 5.97 Å². The Morgan fingerprint density at radius 2 is 2.10 bits per heavy atom. The lowest BCUT2D eigenvalue weighted by atomic mass is 10.1. The molecule has 0 aliphatic carbocycles. The molecule has 5 heteroatoms. The maximum Gasteiger partial charge on any atom is 0.340 e. The molecule has 0 fully saturated rings. The van der Waals surface area contributed by atoms with Gasteiger partial charge in [0.15, 0.2) is 0 Å². The molecule has 0 amide bonds. The van der Waals surface area contributed by atoms with Crippen LogP contribution in [0.5, 0.6) is 0 Å². The van der Waals surface area contributed by atoms with Gasteiger partial charge in [0.05, 0.1) is 5.56 Å². The maximum atomic E-state index is 13.2. The fourth-order valence-electron chi connectivity index (χ4n) is 1.88. The van der Waals surface area contributed by atoms with Crippen LogP contribution in [-0.2, 0) is 11.3 Å². The monoisotopic (exact) mass is 337 g/mol. The number of hydrogen-bond donors (Lipinski definition) is 1. The predicted molar refractivity (Wildman–Crippen MR) is 78.8 cm³/mol. The van der Waals surface area contributed by atoms with E-state index in [4.69, 9.17) is 10.5 Å². The van der Waals surface area contributed by atoms with Crippen molar-refractivity contribution >= 4 is 27.6 Å². The molecule has 0 atom stereocenters. The number of nitrogens with two attached hydrogens (primary N) is 1. The number of hydrogen-bond acceptors (Lipinski definition) is 3. The zero-order valence-electron chi connectivity index (χ0n) is 10.8. The molecular formula is C15H13BrFNO2. The Kier molecular flexibility index (Phi) is 4.39. The average Bonchev–Trinajstić information content (AvgIpc) is 2.35. The van der Waals surface area contributed by atoms with E-state index in [2.05, 4.69) is 15.9 Å². The Morgan fingerprint density at radius 1 is 1.35 bits per heavy atom. The summed E-state index contributed by atoms with van der Waals surface area (Å²) in [4.78, 5) is 12.0. The van der Waals surface area contributed by atoms with Gasteiger partial charge in [0.1, 0.15) is 12.4 Å². The highest BCUT2D eigenvalue weighted by Crippen LogP contribution is 2.19. The number of benzene rings is 2. The highest BCUT2D eigenvalue weighted by atomic mass is 79.9. The van der Waals surface area contributed by atoms with E-state index in [0.717, 1.165) is 5.56 Å². The van der Waals surface area contributed by atoms with Gasteiger partial charge in [-0.1, -0.05) is 28.1 Å². The second-order valence-electron chi connectivity index (χ2n) is 4.39. The van der Waals surface area contributed by atoms with Gasteiger partial charge in [0.2, 0.25) is 0 Å². The Labute approximate surface area is 124 Å². The van der Waals surface area contributed by atoms with Crippen LogP contribution in [0, 0.1) is 12.7 Å². The molecule has 0 saturated carbocycles. The predicted octanol–water partition coefficient (Wildman–Crippen LogP) is 3.84. The second kappa shape index (κ2) is 6.05. The van der Waals surface area contributed by atoms with Gasteiger partial charge in [-0.25, -0.2) is 9.18 Å². The SMILES string of the molecule is Cc1cccc(N)c1C(=O)OCc1cc(F)cc(Br)c1. The normalized spacial score (nSPS) is 10.3. The zero-order valence-corrected chi connectivity index (χ0v) is 12.4. The van der Waals surface area contributed by atoms with Crippen LogP contribution in [0.1, 0.15) is 21.5 Å². The summed E-state index contributed by atoms with van der Waals surface area (Å²) in [6.07, 6.45) is 0. The van der Waals surface area contributed by atoms with E-state index in [1.54, 1.807) is 31.2 Å². The van der Waals surface area contributed by atoms with E-state index >= 15 is 0 Å². The number of rotatable bonds is 3. The largest absolute Gasteiger partial charge is 0.457 e. The van der Waals surface area contributed by atoms with E-state index in [0.29, 0.717) is 21.3 Å². The van der Waals surface area contributed by atoms with Crippen molar-refractivity contribution in [2.24, 2.45) is 0 Å². The average molecular weight is 338 g/mol. The summed E-state index contributed by atoms with van der Waals surface area (Å²) >= 11 is 3.19. The third kappa shape index (κ3) is 3.36. The minimum absolute atomic E-state index is 0.0109. The first kappa shape index (κ1) is 14.5. The van der Waals surface area contributed by atoms with Gasteiger partial charge in [0, 0.05) is 10.2 Å². The minimum atomic E-state index is -0.513. The van der Waals surface area contributed by atoms with Gasteiger partial charge in [-0.05, 0) is 42.3 Å². The van der Waals surface area contributed by atoms with Crippen molar-refractivity contribution in [1.82, 2.24) is 0 Å². The van der Waals surface area contributed by atoms with Crippen molar-refractivity contribution < 1.29 is 13.9 Å². The third-order valence-corrected chi connectivity index (χ3v) is 3.26. The van der Waals surface area contributed by atoms with Crippen LogP contribution in [0.4, 0.5) is 10.1 Å². The van der Waals surface area contributed by atoms with Crippen molar-refractivity contribution in [2.75, 3.05) is 5.73 Å². The van der Waals surface area contributed by atoms with Gasteiger partial charge in [-0.3, -0.25) is 0 Å². The molecule has 0 radical (unpaired) electrons. The summed E-state index contributed by atoms with van der Waals surface area (Å²) < 4.78 is 19.0.